The fourth-order valence-corrected chi connectivity index (χ4v) is 1.31. The van der Waals surface area contributed by atoms with E-state index in [0.29, 0.717) is 0 Å². The first-order valence-electron chi connectivity index (χ1n) is 4.18. The average molecular weight is 168 g/mol. The van der Waals surface area contributed by atoms with Gasteiger partial charge in [0.2, 0.25) is 0 Å². The van der Waals surface area contributed by atoms with Crippen LogP contribution >= 0.6 is 0 Å². The van der Waals surface area contributed by atoms with Crippen LogP contribution in [0.5, 0.6) is 0 Å². The van der Waals surface area contributed by atoms with Crippen LogP contribution in [0.1, 0.15) is 54.4 Å². The normalized spacial score (nSPS) is 15.2. The summed E-state index contributed by atoms with van der Waals surface area (Å²) in [5.41, 5.74) is 3.16. The molecule has 0 aromatic carbocycles. The van der Waals surface area contributed by atoms with Crippen molar-refractivity contribution in [1.82, 2.24) is 0 Å². The molecule has 0 radical (unpaired) electrons. The lowest BCUT2D eigenvalue weighted by Crippen LogP contribution is -1.90. The third-order valence-corrected chi connectivity index (χ3v) is 2.02. The molecule has 0 spiro atoms. The SMILES string of the molecule is C.C.CCCC1=CC=C(C)CC1. The van der Waals surface area contributed by atoms with E-state index >= 15 is 0 Å². The molecule has 0 aliphatic heterocycles. The largest absolute Gasteiger partial charge is 0.0776 e. The Balaban J connectivity index is 0. The van der Waals surface area contributed by atoms with Gasteiger partial charge in [-0.2, -0.15) is 0 Å². The number of hydrogen-bond acceptors (Lipinski definition) is 0. The number of allylic oxidation sites excluding steroid dienone is 4. The van der Waals surface area contributed by atoms with Gasteiger partial charge in [-0.3, -0.25) is 0 Å². The van der Waals surface area contributed by atoms with Crippen molar-refractivity contribution in [2.75, 3.05) is 0 Å². The van der Waals surface area contributed by atoms with Crippen LogP contribution in [-0.4, -0.2) is 0 Å². The van der Waals surface area contributed by atoms with Gasteiger partial charge in [-0.1, -0.05) is 51.5 Å². The summed E-state index contributed by atoms with van der Waals surface area (Å²) in [6.45, 7) is 4.45. The minimum atomic E-state index is 0. The highest BCUT2D eigenvalue weighted by atomic mass is 14.1. The van der Waals surface area contributed by atoms with Gasteiger partial charge in [0.05, 0.1) is 0 Å². The molecule has 72 valence electrons. The third kappa shape index (κ3) is 4.38. The second-order valence-corrected chi connectivity index (χ2v) is 3.09. The summed E-state index contributed by atoms with van der Waals surface area (Å²) in [5, 5.41) is 0. The van der Waals surface area contributed by atoms with Crippen molar-refractivity contribution < 1.29 is 0 Å². The van der Waals surface area contributed by atoms with Gasteiger partial charge in [0.15, 0.2) is 0 Å². The summed E-state index contributed by atoms with van der Waals surface area (Å²) in [5.74, 6) is 0. The highest BCUT2D eigenvalue weighted by molar-refractivity contribution is 5.22. The van der Waals surface area contributed by atoms with E-state index < -0.39 is 0 Å². The summed E-state index contributed by atoms with van der Waals surface area (Å²) < 4.78 is 0. The maximum Gasteiger partial charge on any atom is -0.0280 e. The van der Waals surface area contributed by atoms with Crippen molar-refractivity contribution in [3.8, 4) is 0 Å². The topological polar surface area (TPSA) is 0 Å². The molecule has 1 aliphatic carbocycles. The minimum Gasteiger partial charge on any atom is -0.0776 e. The smallest absolute Gasteiger partial charge is 0.0280 e. The zero-order valence-corrected chi connectivity index (χ0v) is 6.98. The van der Waals surface area contributed by atoms with E-state index in [2.05, 4.69) is 26.0 Å². The number of hydrogen-bond donors (Lipinski definition) is 0. The Morgan fingerprint density at radius 1 is 1.17 bits per heavy atom. The van der Waals surface area contributed by atoms with Gasteiger partial charge >= 0.3 is 0 Å². The first-order valence-corrected chi connectivity index (χ1v) is 4.18. The molecule has 0 saturated heterocycles. The second-order valence-electron chi connectivity index (χ2n) is 3.09. The molecule has 0 unspecified atom stereocenters. The van der Waals surface area contributed by atoms with Gasteiger partial charge in [0, 0.05) is 0 Å². The van der Waals surface area contributed by atoms with E-state index in [1.807, 2.05) is 0 Å². The van der Waals surface area contributed by atoms with Crippen LogP contribution in [0.15, 0.2) is 23.3 Å². The third-order valence-electron chi connectivity index (χ3n) is 2.02. The zero-order chi connectivity index (χ0) is 7.40. The second kappa shape index (κ2) is 7.15. The van der Waals surface area contributed by atoms with E-state index in [1.54, 1.807) is 5.57 Å². The first kappa shape index (κ1) is 14.0. The molecule has 12 heavy (non-hydrogen) atoms. The molecule has 0 N–H and O–H groups in total. The highest BCUT2D eigenvalue weighted by Crippen LogP contribution is 2.20. The summed E-state index contributed by atoms with van der Waals surface area (Å²) >= 11 is 0. The Morgan fingerprint density at radius 2 is 1.83 bits per heavy atom. The van der Waals surface area contributed by atoms with Crippen LogP contribution in [-0.2, 0) is 0 Å². The van der Waals surface area contributed by atoms with Gasteiger partial charge in [-0.05, 0) is 26.2 Å². The summed E-state index contributed by atoms with van der Waals surface area (Å²) in [7, 11) is 0. The lowest BCUT2D eigenvalue weighted by molar-refractivity contribution is 0.802. The zero-order valence-electron chi connectivity index (χ0n) is 6.98. The maximum atomic E-state index is 2.29. The lowest BCUT2D eigenvalue weighted by Gasteiger charge is -2.10. The maximum absolute atomic E-state index is 2.29. The molecule has 0 aromatic heterocycles. The molecule has 0 amide bonds. The predicted molar refractivity (Wildman–Crippen MR) is 59.4 cm³/mol. The van der Waals surface area contributed by atoms with Crippen LogP contribution in [0, 0.1) is 0 Å². The molecule has 0 nitrogen and oxygen atoms in total. The molecule has 0 atom stereocenters. The highest BCUT2D eigenvalue weighted by Gasteiger charge is 2.00. The van der Waals surface area contributed by atoms with Gasteiger partial charge in [0.1, 0.15) is 0 Å². The number of rotatable bonds is 2. The van der Waals surface area contributed by atoms with E-state index in [1.165, 1.54) is 31.3 Å². The van der Waals surface area contributed by atoms with Gasteiger partial charge < -0.3 is 0 Å². The van der Waals surface area contributed by atoms with E-state index in [-0.39, 0.29) is 14.9 Å². The Hall–Kier alpha value is -0.520. The molecule has 0 aromatic rings. The van der Waals surface area contributed by atoms with Crippen molar-refractivity contribution in [3.63, 3.8) is 0 Å². The lowest BCUT2D eigenvalue weighted by atomic mass is 9.97. The van der Waals surface area contributed by atoms with Gasteiger partial charge in [-0.15, -0.1) is 0 Å². The Bertz CT molecular complexity index is 157. The van der Waals surface area contributed by atoms with Gasteiger partial charge in [0.25, 0.3) is 0 Å². The molecule has 0 bridgehead atoms. The Morgan fingerprint density at radius 3 is 2.25 bits per heavy atom. The van der Waals surface area contributed by atoms with Crippen molar-refractivity contribution in [2.24, 2.45) is 0 Å². The Kier molecular flexibility index (Phi) is 8.36. The quantitative estimate of drug-likeness (QED) is 0.559. The summed E-state index contributed by atoms with van der Waals surface area (Å²) in [6, 6.07) is 0. The average Bonchev–Trinajstić information content (AvgIpc) is 1.95. The van der Waals surface area contributed by atoms with Crippen LogP contribution in [0.2, 0.25) is 0 Å². The molecule has 0 heteroatoms. The fraction of sp³-hybridized carbons (Fsp3) is 0.667. The van der Waals surface area contributed by atoms with E-state index in [4.69, 9.17) is 0 Å². The van der Waals surface area contributed by atoms with Crippen molar-refractivity contribution in [3.05, 3.63) is 23.3 Å². The van der Waals surface area contributed by atoms with E-state index in [9.17, 15) is 0 Å². The fourth-order valence-electron chi connectivity index (χ4n) is 1.31. The Labute approximate surface area is 78.4 Å². The molecule has 1 aliphatic rings. The van der Waals surface area contributed by atoms with Crippen LogP contribution in [0.25, 0.3) is 0 Å². The first-order chi connectivity index (χ1) is 4.83. The van der Waals surface area contributed by atoms with Crippen LogP contribution in [0.3, 0.4) is 0 Å². The van der Waals surface area contributed by atoms with Crippen LogP contribution in [0.4, 0.5) is 0 Å². The van der Waals surface area contributed by atoms with Crippen molar-refractivity contribution >= 4 is 0 Å². The van der Waals surface area contributed by atoms with Crippen molar-refractivity contribution in [1.29, 1.82) is 0 Å². The molecule has 0 fully saturated rings. The predicted octanol–water partition coefficient (Wildman–Crippen LogP) is 4.73. The van der Waals surface area contributed by atoms with Gasteiger partial charge in [-0.25, -0.2) is 0 Å². The van der Waals surface area contributed by atoms with Crippen LogP contribution < -0.4 is 0 Å². The summed E-state index contributed by atoms with van der Waals surface area (Å²) in [6.07, 6.45) is 9.72. The molecule has 1 rings (SSSR count). The van der Waals surface area contributed by atoms with E-state index in [0.717, 1.165) is 0 Å². The summed E-state index contributed by atoms with van der Waals surface area (Å²) in [4.78, 5) is 0. The minimum absolute atomic E-state index is 0. The molecule has 0 heterocycles. The molecular weight excluding hydrogens is 144 g/mol. The molecule has 0 saturated carbocycles. The monoisotopic (exact) mass is 168 g/mol. The standard InChI is InChI=1S/C10H16.2CH4/c1-3-4-10-7-5-9(2)6-8-10;;/h5,7H,3-4,6,8H2,1-2H3;2*1H4. The van der Waals surface area contributed by atoms with Crippen molar-refractivity contribution in [2.45, 2.75) is 54.4 Å². The molecular formula is C12H24.